The van der Waals surface area contributed by atoms with Gasteiger partial charge in [-0.1, -0.05) is 35.5 Å². The van der Waals surface area contributed by atoms with Crippen molar-refractivity contribution in [1.82, 2.24) is 15.0 Å². The molecule has 0 spiro atoms. The third kappa shape index (κ3) is 9.58. The second-order valence-electron chi connectivity index (χ2n) is 9.50. The van der Waals surface area contributed by atoms with E-state index in [2.05, 4.69) is 9.89 Å². The molecule has 0 radical (unpaired) electrons. The molecule has 0 atom stereocenters. The van der Waals surface area contributed by atoms with Crippen LogP contribution in [0.15, 0.2) is 40.9 Å². The molecule has 4 N–H and O–H groups in total. The SMILES string of the molecule is COC(=O)N1CC=C(c2ccc(-c3cc(CN(C(C)=O)C(=O)OCOC(=O)CCC(P(=O)(O)O)P(=O)(O)O)on3)cc2)CC1. The lowest BCUT2D eigenvalue weighted by Crippen LogP contribution is -2.35. The van der Waals surface area contributed by atoms with Gasteiger partial charge in [-0.25, -0.2) is 14.5 Å². The standard InChI is InChI=1S/C25H31N3O14P2/c1-16(29)28(25(32)41-15-40-22(30)7-8-23(43(33,34)35)44(36,37)38)14-20-13-21(26-42-20)19-5-3-17(4-6-19)18-9-11-27(12-10-18)24(31)39-2/h3-6,9,13,23H,7-8,10-12,14-15H2,1-2H3,(H2,33,34,35)(H2,36,37,38). The van der Waals surface area contributed by atoms with Gasteiger partial charge in [0.05, 0.1) is 13.7 Å². The van der Waals surface area contributed by atoms with Gasteiger partial charge in [-0.2, -0.15) is 0 Å². The van der Waals surface area contributed by atoms with Gasteiger partial charge in [0.2, 0.25) is 12.7 Å². The van der Waals surface area contributed by atoms with E-state index < -0.39 is 58.2 Å². The Bertz CT molecular complexity index is 1470. The van der Waals surface area contributed by atoms with Gasteiger partial charge in [-0.3, -0.25) is 18.7 Å². The number of nitrogens with zero attached hydrogens (tertiary/aromatic N) is 3. The highest BCUT2D eigenvalue weighted by atomic mass is 31.2. The Labute approximate surface area is 250 Å². The number of amides is 3. The first-order valence-corrected chi connectivity index (χ1v) is 16.3. The predicted molar refractivity (Wildman–Crippen MR) is 149 cm³/mol. The van der Waals surface area contributed by atoms with Gasteiger partial charge in [0, 0.05) is 38.1 Å². The number of ether oxygens (including phenoxy) is 3. The summed E-state index contributed by atoms with van der Waals surface area (Å²) in [6.45, 7) is 0.695. The highest BCUT2D eigenvalue weighted by Crippen LogP contribution is 2.61. The summed E-state index contributed by atoms with van der Waals surface area (Å²) in [4.78, 5) is 86.6. The lowest BCUT2D eigenvalue weighted by atomic mass is 9.98. The number of esters is 1. The van der Waals surface area contributed by atoms with Crippen LogP contribution in [-0.2, 0) is 39.5 Å². The number of benzene rings is 1. The molecule has 44 heavy (non-hydrogen) atoms. The number of aromatic nitrogens is 1. The number of hydrogen-bond acceptors (Lipinski definition) is 11. The maximum absolute atomic E-state index is 12.4. The summed E-state index contributed by atoms with van der Waals surface area (Å²) in [7, 11) is -9.10. The summed E-state index contributed by atoms with van der Waals surface area (Å²) < 4.78 is 42.0. The average Bonchev–Trinajstić information content (AvgIpc) is 3.43. The van der Waals surface area contributed by atoms with Crippen LogP contribution in [0.2, 0.25) is 0 Å². The fourth-order valence-electron chi connectivity index (χ4n) is 4.14. The van der Waals surface area contributed by atoms with Gasteiger partial charge in [0.1, 0.15) is 5.69 Å². The molecule has 0 unspecified atom stereocenters. The summed E-state index contributed by atoms with van der Waals surface area (Å²) in [5.74, 6) is -1.76. The van der Waals surface area contributed by atoms with Gasteiger partial charge < -0.3 is 43.2 Å². The normalized spacial score (nSPS) is 13.7. The van der Waals surface area contributed by atoms with Crippen molar-refractivity contribution in [3.05, 3.63) is 47.7 Å². The van der Waals surface area contributed by atoms with Crippen LogP contribution in [0.4, 0.5) is 9.59 Å². The topological polar surface area (TPSA) is 244 Å². The first-order valence-electron chi connectivity index (χ1n) is 12.9. The summed E-state index contributed by atoms with van der Waals surface area (Å²) in [5, 5.41) is 1.58. The second-order valence-corrected chi connectivity index (χ2v) is 13.5. The van der Waals surface area contributed by atoms with Gasteiger partial charge in [-0.15, -0.1) is 0 Å². The molecule has 19 heteroatoms. The molecule has 3 rings (SSSR count). The molecule has 0 saturated carbocycles. The van der Waals surface area contributed by atoms with E-state index in [-0.39, 0.29) is 18.4 Å². The van der Waals surface area contributed by atoms with Crippen molar-refractivity contribution in [2.75, 3.05) is 27.0 Å². The molecule has 240 valence electrons. The third-order valence-corrected chi connectivity index (χ3v) is 10.3. The second kappa shape index (κ2) is 14.8. The molecule has 1 aliphatic rings. The van der Waals surface area contributed by atoms with E-state index in [1.54, 1.807) is 4.90 Å². The van der Waals surface area contributed by atoms with Crippen LogP contribution >= 0.6 is 15.2 Å². The Balaban J connectivity index is 1.53. The van der Waals surface area contributed by atoms with Crippen LogP contribution in [0.3, 0.4) is 0 Å². The van der Waals surface area contributed by atoms with Crippen molar-refractivity contribution in [3.63, 3.8) is 0 Å². The summed E-state index contributed by atoms with van der Waals surface area (Å²) in [6.07, 6.45) is -0.650. The van der Waals surface area contributed by atoms with Crippen molar-refractivity contribution < 1.29 is 66.6 Å². The molecule has 1 aromatic carbocycles. The summed E-state index contributed by atoms with van der Waals surface area (Å²) >= 11 is 0. The molecule has 2 heterocycles. The molecule has 3 amide bonds. The zero-order valence-corrected chi connectivity index (χ0v) is 25.4. The number of rotatable bonds is 11. The fraction of sp³-hybridized carbons (Fsp3) is 0.400. The van der Waals surface area contributed by atoms with Crippen molar-refractivity contribution >= 4 is 44.8 Å². The van der Waals surface area contributed by atoms with E-state index >= 15 is 0 Å². The lowest BCUT2D eigenvalue weighted by Gasteiger charge is -2.25. The summed E-state index contributed by atoms with van der Waals surface area (Å²) in [5.41, 5.74) is 3.16. The molecule has 0 saturated heterocycles. The lowest BCUT2D eigenvalue weighted by molar-refractivity contribution is -0.152. The van der Waals surface area contributed by atoms with Crippen LogP contribution in [0.5, 0.6) is 0 Å². The molecule has 17 nitrogen and oxygen atoms in total. The zero-order valence-electron chi connectivity index (χ0n) is 23.6. The van der Waals surface area contributed by atoms with Crippen molar-refractivity contribution in [3.8, 4) is 11.3 Å². The highest BCUT2D eigenvalue weighted by Gasteiger charge is 2.43. The van der Waals surface area contributed by atoms with E-state index in [0.717, 1.165) is 18.1 Å². The number of imide groups is 1. The Morgan fingerprint density at radius 1 is 1.05 bits per heavy atom. The molecular weight excluding hydrogens is 628 g/mol. The first-order chi connectivity index (χ1) is 20.6. The third-order valence-electron chi connectivity index (χ3n) is 6.45. The minimum Gasteiger partial charge on any atom is -0.453 e. The zero-order chi connectivity index (χ0) is 32.7. The summed E-state index contributed by atoms with van der Waals surface area (Å²) in [6, 6.07) is 8.94. The molecule has 0 fully saturated rings. The van der Waals surface area contributed by atoms with Crippen LogP contribution < -0.4 is 0 Å². The van der Waals surface area contributed by atoms with E-state index in [0.29, 0.717) is 35.7 Å². The molecule has 0 bridgehead atoms. The van der Waals surface area contributed by atoms with E-state index in [1.165, 1.54) is 13.2 Å². The quantitative estimate of drug-likeness (QED) is 0.154. The van der Waals surface area contributed by atoms with E-state index in [4.69, 9.17) is 33.6 Å². The Morgan fingerprint density at radius 3 is 2.23 bits per heavy atom. The molecule has 2 aromatic rings. The van der Waals surface area contributed by atoms with Crippen LogP contribution in [0, 0.1) is 0 Å². The van der Waals surface area contributed by atoms with Crippen LogP contribution in [-0.4, -0.2) is 91.0 Å². The van der Waals surface area contributed by atoms with Crippen LogP contribution in [0.25, 0.3) is 16.8 Å². The van der Waals surface area contributed by atoms with E-state index in [9.17, 15) is 28.3 Å². The Morgan fingerprint density at radius 2 is 1.68 bits per heavy atom. The van der Waals surface area contributed by atoms with Gasteiger partial charge in [-0.05, 0) is 24.0 Å². The molecular formula is C25H31N3O14P2. The smallest absolute Gasteiger partial charge is 0.419 e. The highest BCUT2D eigenvalue weighted by molar-refractivity contribution is 7.70. The monoisotopic (exact) mass is 659 g/mol. The minimum absolute atomic E-state index is 0.132. The Hall–Kier alpha value is -3.85. The van der Waals surface area contributed by atoms with Crippen molar-refractivity contribution in [1.29, 1.82) is 0 Å². The number of carbonyl (C=O) groups is 4. The van der Waals surface area contributed by atoms with Crippen molar-refractivity contribution in [2.45, 2.75) is 38.1 Å². The molecule has 1 aliphatic heterocycles. The van der Waals surface area contributed by atoms with E-state index in [1.807, 2.05) is 30.3 Å². The predicted octanol–water partition coefficient (Wildman–Crippen LogP) is 2.64. The van der Waals surface area contributed by atoms with Crippen molar-refractivity contribution in [2.24, 2.45) is 0 Å². The minimum atomic E-state index is -5.22. The largest absolute Gasteiger partial charge is 0.453 e. The Kier molecular flexibility index (Phi) is 11.6. The first kappa shape index (κ1) is 34.6. The number of carbonyl (C=O) groups excluding carboxylic acids is 4. The van der Waals surface area contributed by atoms with Gasteiger partial charge >= 0.3 is 33.3 Å². The van der Waals surface area contributed by atoms with Gasteiger partial charge in [0.15, 0.2) is 11.2 Å². The molecule has 0 aliphatic carbocycles. The molecule has 1 aromatic heterocycles. The van der Waals surface area contributed by atoms with Gasteiger partial charge in [0.25, 0.3) is 0 Å². The van der Waals surface area contributed by atoms with Crippen LogP contribution in [0.1, 0.15) is 37.5 Å². The average molecular weight is 659 g/mol. The maximum atomic E-state index is 12.4. The number of methoxy groups -OCH3 is 1. The maximum Gasteiger partial charge on any atom is 0.419 e. The fourth-order valence-corrected chi connectivity index (χ4v) is 6.64. The number of hydrogen-bond donors (Lipinski definition) is 4.